The monoisotopic (exact) mass is 168 g/mol. The molecule has 12 heavy (non-hydrogen) atoms. The number of likely N-dealkylation sites (tertiary alicyclic amines) is 1. The van der Waals surface area contributed by atoms with E-state index < -0.39 is 0 Å². The van der Waals surface area contributed by atoms with E-state index in [2.05, 4.69) is 25.7 Å². The van der Waals surface area contributed by atoms with Crippen LogP contribution in [0.5, 0.6) is 0 Å². The number of carbonyl (C=O) groups is 1. The summed E-state index contributed by atoms with van der Waals surface area (Å²) in [7, 11) is 0. The van der Waals surface area contributed by atoms with Gasteiger partial charge in [-0.2, -0.15) is 0 Å². The molecule has 1 fully saturated rings. The van der Waals surface area contributed by atoms with Crippen LogP contribution in [0.3, 0.4) is 0 Å². The van der Waals surface area contributed by atoms with Gasteiger partial charge in [-0.3, -0.25) is 9.69 Å². The molecule has 0 aromatic carbocycles. The SMILES string of the molecule is [CH2]C(=O)CN1CCC(C)(C)CC1. The Balaban J connectivity index is 2.31. The first-order chi connectivity index (χ1) is 5.49. The number of hydrogen-bond donors (Lipinski definition) is 0. The zero-order chi connectivity index (χ0) is 9.19. The first-order valence-corrected chi connectivity index (χ1v) is 4.57. The zero-order valence-corrected chi connectivity index (χ0v) is 8.10. The third-order valence-electron chi connectivity index (χ3n) is 2.61. The van der Waals surface area contributed by atoms with Gasteiger partial charge in [0.2, 0.25) is 0 Å². The quantitative estimate of drug-likeness (QED) is 0.623. The van der Waals surface area contributed by atoms with Gasteiger partial charge in [0.1, 0.15) is 5.78 Å². The highest BCUT2D eigenvalue weighted by molar-refractivity contribution is 5.84. The number of piperidine rings is 1. The molecule has 1 saturated heterocycles. The van der Waals surface area contributed by atoms with Gasteiger partial charge in [-0.25, -0.2) is 0 Å². The molecule has 0 aliphatic carbocycles. The number of Topliss-reactive ketones (excluding diaryl/α,β-unsaturated/α-hetero) is 1. The van der Waals surface area contributed by atoms with Crippen molar-refractivity contribution in [2.75, 3.05) is 19.6 Å². The van der Waals surface area contributed by atoms with Crippen molar-refractivity contribution >= 4 is 5.78 Å². The molecule has 1 aliphatic rings. The molecule has 2 heteroatoms. The van der Waals surface area contributed by atoms with Crippen LogP contribution < -0.4 is 0 Å². The summed E-state index contributed by atoms with van der Waals surface area (Å²) in [6, 6.07) is 0. The Hall–Kier alpha value is -0.370. The van der Waals surface area contributed by atoms with Gasteiger partial charge >= 0.3 is 0 Å². The Morgan fingerprint density at radius 2 is 1.92 bits per heavy atom. The van der Waals surface area contributed by atoms with Crippen molar-refractivity contribution in [2.45, 2.75) is 26.7 Å². The summed E-state index contributed by atoms with van der Waals surface area (Å²) in [6.07, 6.45) is 2.39. The number of carbonyl (C=O) groups excluding carboxylic acids is 1. The topological polar surface area (TPSA) is 20.3 Å². The maximum absolute atomic E-state index is 10.7. The molecule has 0 saturated carbocycles. The Bertz CT molecular complexity index is 165. The Labute approximate surface area is 74.9 Å². The normalized spacial score (nSPS) is 23.9. The average molecular weight is 168 g/mol. The minimum absolute atomic E-state index is 0.0368. The van der Waals surface area contributed by atoms with Gasteiger partial charge in [0.25, 0.3) is 0 Å². The molecule has 0 bridgehead atoms. The molecule has 0 amide bonds. The minimum Gasteiger partial charge on any atom is -0.298 e. The van der Waals surface area contributed by atoms with Crippen molar-refractivity contribution < 1.29 is 4.79 Å². The summed E-state index contributed by atoms with van der Waals surface area (Å²) >= 11 is 0. The fourth-order valence-electron chi connectivity index (χ4n) is 1.57. The Morgan fingerprint density at radius 3 is 2.33 bits per heavy atom. The number of ketones is 1. The van der Waals surface area contributed by atoms with E-state index in [1.807, 2.05) is 0 Å². The third-order valence-corrected chi connectivity index (χ3v) is 2.61. The van der Waals surface area contributed by atoms with Crippen molar-refractivity contribution in [2.24, 2.45) is 5.41 Å². The Morgan fingerprint density at radius 1 is 1.42 bits per heavy atom. The van der Waals surface area contributed by atoms with Crippen LogP contribution in [-0.4, -0.2) is 30.3 Å². The summed E-state index contributed by atoms with van der Waals surface area (Å²) in [5.74, 6) is 0.0368. The first-order valence-electron chi connectivity index (χ1n) is 4.57. The van der Waals surface area contributed by atoms with E-state index >= 15 is 0 Å². The predicted octanol–water partition coefficient (Wildman–Crippen LogP) is 1.51. The maximum atomic E-state index is 10.7. The van der Waals surface area contributed by atoms with Crippen LogP contribution in [0.4, 0.5) is 0 Å². The van der Waals surface area contributed by atoms with Crippen molar-refractivity contribution in [1.29, 1.82) is 0 Å². The van der Waals surface area contributed by atoms with Gasteiger partial charge in [-0.1, -0.05) is 13.8 Å². The lowest BCUT2D eigenvalue weighted by molar-refractivity contribution is -0.116. The second kappa shape index (κ2) is 3.56. The van der Waals surface area contributed by atoms with Crippen LogP contribution in [-0.2, 0) is 4.79 Å². The first kappa shape index (κ1) is 9.72. The number of rotatable bonds is 2. The van der Waals surface area contributed by atoms with Crippen LogP contribution in [0, 0.1) is 12.3 Å². The van der Waals surface area contributed by atoms with E-state index in [0.29, 0.717) is 12.0 Å². The molecule has 0 atom stereocenters. The molecule has 0 spiro atoms. The maximum Gasteiger partial charge on any atom is 0.147 e. The van der Waals surface area contributed by atoms with E-state index in [9.17, 15) is 4.79 Å². The Kier molecular flexibility index (Phi) is 2.89. The van der Waals surface area contributed by atoms with Gasteiger partial charge < -0.3 is 0 Å². The van der Waals surface area contributed by atoms with Crippen molar-refractivity contribution in [3.8, 4) is 0 Å². The van der Waals surface area contributed by atoms with Crippen molar-refractivity contribution in [3.05, 3.63) is 6.92 Å². The fraction of sp³-hybridized carbons (Fsp3) is 0.800. The second-order valence-corrected chi connectivity index (χ2v) is 4.48. The van der Waals surface area contributed by atoms with Gasteiger partial charge in [0, 0.05) is 6.92 Å². The van der Waals surface area contributed by atoms with Crippen LogP contribution >= 0.6 is 0 Å². The second-order valence-electron chi connectivity index (χ2n) is 4.48. The molecule has 0 unspecified atom stereocenters. The van der Waals surface area contributed by atoms with Gasteiger partial charge in [-0.05, 0) is 31.3 Å². The van der Waals surface area contributed by atoms with E-state index in [4.69, 9.17) is 0 Å². The molecule has 2 nitrogen and oxygen atoms in total. The highest BCUT2D eigenvalue weighted by atomic mass is 16.1. The molecule has 69 valence electrons. The van der Waals surface area contributed by atoms with Crippen LogP contribution in [0.25, 0.3) is 0 Å². The highest BCUT2D eigenvalue weighted by Gasteiger charge is 2.25. The fourth-order valence-corrected chi connectivity index (χ4v) is 1.57. The van der Waals surface area contributed by atoms with Crippen molar-refractivity contribution in [1.82, 2.24) is 4.90 Å². The van der Waals surface area contributed by atoms with Crippen LogP contribution in [0.2, 0.25) is 0 Å². The summed E-state index contributed by atoms with van der Waals surface area (Å²) < 4.78 is 0. The standard InChI is InChI=1S/C10H18NO/c1-9(12)8-11-6-4-10(2,3)5-7-11/h1,4-8H2,2-3H3. The van der Waals surface area contributed by atoms with E-state index in [0.717, 1.165) is 13.1 Å². The minimum atomic E-state index is 0.0368. The van der Waals surface area contributed by atoms with Gasteiger partial charge in [-0.15, -0.1) is 0 Å². The lowest BCUT2D eigenvalue weighted by atomic mass is 9.83. The number of hydrogen-bond acceptors (Lipinski definition) is 2. The van der Waals surface area contributed by atoms with Crippen LogP contribution in [0.15, 0.2) is 0 Å². The van der Waals surface area contributed by atoms with E-state index in [-0.39, 0.29) is 5.78 Å². The molecular weight excluding hydrogens is 150 g/mol. The molecule has 1 heterocycles. The molecular formula is C10H18NO. The zero-order valence-electron chi connectivity index (χ0n) is 8.10. The largest absolute Gasteiger partial charge is 0.298 e. The molecule has 1 rings (SSSR count). The summed E-state index contributed by atoms with van der Waals surface area (Å²) in [4.78, 5) is 12.9. The van der Waals surface area contributed by atoms with Gasteiger partial charge in [0.15, 0.2) is 0 Å². The van der Waals surface area contributed by atoms with Crippen molar-refractivity contribution in [3.63, 3.8) is 0 Å². The molecule has 0 aromatic heterocycles. The molecule has 1 radical (unpaired) electrons. The van der Waals surface area contributed by atoms with E-state index in [1.54, 1.807) is 0 Å². The molecule has 0 N–H and O–H groups in total. The smallest absolute Gasteiger partial charge is 0.147 e. The van der Waals surface area contributed by atoms with Gasteiger partial charge in [0.05, 0.1) is 6.54 Å². The lowest BCUT2D eigenvalue weighted by Gasteiger charge is -2.36. The molecule has 1 aliphatic heterocycles. The summed E-state index contributed by atoms with van der Waals surface area (Å²) in [5, 5.41) is 0. The summed E-state index contributed by atoms with van der Waals surface area (Å²) in [6.45, 7) is 10.6. The lowest BCUT2D eigenvalue weighted by Crippen LogP contribution is -2.39. The summed E-state index contributed by atoms with van der Waals surface area (Å²) in [5.41, 5.74) is 0.473. The average Bonchev–Trinajstić information content (AvgIpc) is 1.93. The predicted molar refractivity (Wildman–Crippen MR) is 49.8 cm³/mol. The van der Waals surface area contributed by atoms with Crippen LogP contribution in [0.1, 0.15) is 26.7 Å². The molecule has 0 aromatic rings. The highest BCUT2D eigenvalue weighted by Crippen LogP contribution is 2.29. The number of nitrogens with zero attached hydrogens (tertiary/aromatic N) is 1. The third kappa shape index (κ3) is 2.94. The van der Waals surface area contributed by atoms with E-state index in [1.165, 1.54) is 12.8 Å².